The van der Waals surface area contributed by atoms with E-state index in [9.17, 15) is 13.2 Å². The molecule has 24 heavy (non-hydrogen) atoms. The van der Waals surface area contributed by atoms with E-state index in [1.807, 2.05) is 6.07 Å². The number of nitriles is 1. The molecule has 2 rings (SSSR count). The van der Waals surface area contributed by atoms with Crippen molar-refractivity contribution in [3.63, 3.8) is 0 Å². The Balaban J connectivity index is 2.24. The predicted octanol–water partition coefficient (Wildman–Crippen LogP) is 2.57. The minimum Gasteiger partial charge on any atom is -0.322 e. The van der Waals surface area contributed by atoms with Gasteiger partial charge in [-0.05, 0) is 42.9 Å². The van der Waals surface area contributed by atoms with Gasteiger partial charge in [-0.3, -0.25) is 4.79 Å². The molecule has 0 heterocycles. The summed E-state index contributed by atoms with van der Waals surface area (Å²) in [5, 5.41) is 11.3. The van der Waals surface area contributed by atoms with Crippen LogP contribution in [-0.4, -0.2) is 21.4 Å². The molecule has 0 saturated carbocycles. The molecule has 0 saturated heterocycles. The van der Waals surface area contributed by atoms with Gasteiger partial charge >= 0.3 is 0 Å². The molecule has 0 aliphatic heterocycles. The van der Waals surface area contributed by atoms with Crippen LogP contribution in [0.3, 0.4) is 0 Å². The molecule has 2 aromatic rings. The smallest absolute Gasteiger partial charge is 0.255 e. The maximum atomic E-state index is 12.3. The Morgan fingerprint density at radius 2 is 1.88 bits per heavy atom. The molecule has 2 N–H and O–H groups in total. The first-order chi connectivity index (χ1) is 11.4. The summed E-state index contributed by atoms with van der Waals surface area (Å²) in [6.07, 6.45) is 0.288. The van der Waals surface area contributed by atoms with Crippen molar-refractivity contribution in [2.75, 3.05) is 12.4 Å². The summed E-state index contributed by atoms with van der Waals surface area (Å²) in [5.41, 5.74) is 1.54. The second-order valence-electron chi connectivity index (χ2n) is 4.84. The third-order valence-electron chi connectivity index (χ3n) is 3.25. The van der Waals surface area contributed by atoms with Gasteiger partial charge in [0.25, 0.3) is 5.91 Å². The molecule has 2 aromatic carbocycles. The zero-order valence-electron chi connectivity index (χ0n) is 12.7. The lowest BCUT2D eigenvalue weighted by atomic mass is 10.1. The molecule has 0 unspecified atom stereocenters. The van der Waals surface area contributed by atoms with Gasteiger partial charge in [-0.15, -0.1) is 0 Å². The van der Waals surface area contributed by atoms with Gasteiger partial charge in [-0.2, -0.15) is 5.26 Å². The van der Waals surface area contributed by atoms with Crippen LogP contribution in [0.25, 0.3) is 0 Å². The number of nitrogens with one attached hydrogen (secondary N) is 2. The summed E-state index contributed by atoms with van der Waals surface area (Å²) in [6, 6.07) is 12.9. The number of benzene rings is 2. The van der Waals surface area contributed by atoms with Crippen LogP contribution >= 0.6 is 11.6 Å². The first-order valence-electron chi connectivity index (χ1n) is 6.87. The number of rotatable bonds is 5. The van der Waals surface area contributed by atoms with E-state index < -0.39 is 15.9 Å². The van der Waals surface area contributed by atoms with Crippen molar-refractivity contribution < 1.29 is 13.2 Å². The first-order valence-corrected chi connectivity index (χ1v) is 8.74. The highest BCUT2D eigenvalue weighted by Crippen LogP contribution is 2.23. The number of carbonyl (C=O) groups excluding carboxylic acids is 1. The van der Waals surface area contributed by atoms with E-state index in [1.165, 1.54) is 25.2 Å². The standard InChI is InChI=1S/C16H14ClN3O3S/c1-19-24(22,23)15-10-12(4-7-14(15)17)16(21)20-13-5-2-11(3-6-13)8-9-18/h2-7,10,19H,8H2,1H3,(H,20,21). The van der Waals surface area contributed by atoms with E-state index in [0.29, 0.717) is 5.69 Å². The van der Waals surface area contributed by atoms with Crippen LogP contribution in [0.1, 0.15) is 15.9 Å². The SMILES string of the molecule is CNS(=O)(=O)c1cc(C(=O)Nc2ccc(CC#N)cc2)ccc1Cl. The molecule has 6 nitrogen and oxygen atoms in total. The molecule has 0 atom stereocenters. The highest BCUT2D eigenvalue weighted by atomic mass is 35.5. The van der Waals surface area contributed by atoms with E-state index in [2.05, 4.69) is 10.0 Å². The lowest BCUT2D eigenvalue weighted by Crippen LogP contribution is -2.20. The molecule has 1 amide bonds. The molecule has 0 bridgehead atoms. The monoisotopic (exact) mass is 363 g/mol. The van der Waals surface area contributed by atoms with Crippen LogP contribution in [-0.2, 0) is 16.4 Å². The van der Waals surface area contributed by atoms with Gasteiger partial charge in [-0.25, -0.2) is 13.1 Å². The molecule has 0 spiro atoms. The topological polar surface area (TPSA) is 99.1 Å². The summed E-state index contributed by atoms with van der Waals surface area (Å²) in [4.78, 5) is 12.1. The largest absolute Gasteiger partial charge is 0.322 e. The Labute approximate surface area is 145 Å². The predicted molar refractivity (Wildman–Crippen MR) is 91.4 cm³/mol. The van der Waals surface area contributed by atoms with Crippen LogP contribution < -0.4 is 10.0 Å². The zero-order chi connectivity index (χ0) is 17.7. The van der Waals surface area contributed by atoms with Crippen molar-refractivity contribution in [1.29, 1.82) is 5.26 Å². The lowest BCUT2D eigenvalue weighted by molar-refractivity contribution is 0.102. The van der Waals surface area contributed by atoms with E-state index >= 15 is 0 Å². The molecule has 0 fully saturated rings. The summed E-state index contributed by atoms with van der Waals surface area (Å²) < 4.78 is 26.0. The normalized spacial score (nSPS) is 10.9. The number of amides is 1. The van der Waals surface area contributed by atoms with Gasteiger partial charge in [0.1, 0.15) is 4.90 Å². The molecule has 0 aliphatic rings. The van der Waals surface area contributed by atoms with Crippen LogP contribution in [0.5, 0.6) is 0 Å². The van der Waals surface area contributed by atoms with Crippen molar-refractivity contribution in [2.24, 2.45) is 0 Å². The van der Waals surface area contributed by atoms with Gasteiger partial charge in [0.15, 0.2) is 0 Å². The van der Waals surface area contributed by atoms with Crippen molar-refractivity contribution in [3.05, 3.63) is 58.6 Å². The maximum Gasteiger partial charge on any atom is 0.255 e. The van der Waals surface area contributed by atoms with Crippen LogP contribution in [0, 0.1) is 11.3 Å². The number of carbonyl (C=O) groups is 1. The van der Waals surface area contributed by atoms with Gasteiger partial charge in [0.05, 0.1) is 17.5 Å². The molecular formula is C16H14ClN3O3S. The summed E-state index contributed by atoms with van der Waals surface area (Å²) >= 11 is 5.89. The highest BCUT2D eigenvalue weighted by Gasteiger charge is 2.18. The number of hydrogen-bond acceptors (Lipinski definition) is 4. The van der Waals surface area contributed by atoms with Gasteiger partial charge in [0.2, 0.25) is 10.0 Å². The average Bonchev–Trinajstić information content (AvgIpc) is 2.57. The number of anilines is 1. The molecule has 124 valence electrons. The fraction of sp³-hybridized carbons (Fsp3) is 0.125. The number of nitrogens with zero attached hydrogens (tertiary/aromatic N) is 1. The van der Waals surface area contributed by atoms with Gasteiger partial charge in [-0.1, -0.05) is 23.7 Å². The fourth-order valence-corrected chi connectivity index (χ4v) is 3.21. The Morgan fingerprint density at radius 3 is 2.46 bits per heavy atom. The highest BCUT2D eigenvalue weighted by molar-refractivity contribution is 7.89. The molecule has 0 aliphatic carbocycles. The third-order valence-corrected chi connectivity index (χ3v) is 5.14. The van der Waals surface area contributed by atoms with Crippen LogP contribution in [0.4, 0.5) is 5.69 Å². The van der Waals surface area contributed by atoms with Gasteiger partial charge < -0.3 is 5.32 Å². The molecule has 8 heteroatoms. The first kappa shape index (κ1) is 17.9. The minimum absolute atomic E-state index is 0.0294. The summed E-state index contributed by atoms with van der Waals surface area (Å²) in [5.74, 6) is -0.466. The second kappa shape index (κ2) is 7.45. The van der Waals surface area contributed by atoms with Crippen molar-refractivity contribution in [2.45, 2.75) is 11.3 Å². The summed E-state index contributed by atoms with van der Waals surface area (Å²) in [7, 11) is -2.50. The zero-order valence-corrected chi connectivity index (χ0v) is 14.3. The Kier molecular flexibility index (Phi) is 5.57. The molecule has 0 aromatic heterocycles. The number of halogens is 1. The quantitative estimate of drug-likeness (QED) is 0.852. The molecule has 0 radical (unpaired) electrons. The Morgan fingerprint density at radius 1 is 1.21 bits per heavy atom. The van der Waals surface area contributed by atoms with Crippen molar-refractivity contribution >= 4 is 33.2 Å². The van der Waals surface area contributed by atoms with E-state index in [1.54, 1.807) is 24.3 Å². The van der Waals surface area contributed by atoms with Crippen LogP contribution in [0.15, 0.2) is 47.4 Å². The van der Waals surface area contributed by atoms with E-state index in [0.717, 1.165) is 5.56 Å². The Hall–Kier alpha value is -2.40. The summed E-state index contributed by atoms with van der Waals surface area (Å²) in [6.45, 7) is 0. The second-order valence-corrected chi connectivity index (χ2v) is 7.10. The minimum atomic E-state index is -3.76. The molecular weight excluding hydrogens is 350 g/mol. The van der Waals surface area contributed by atoms with E-state index in [-0.39, 0.29) is 21.9 Å². The number of hydrogen-bond donors (Lipinski definition) is 2. The third kappa shape index (κ3) is 4.11. The number of sulfonamides is 1. The van der Waals surface area contributed by atoms with E-state index in [4.69, 9.17) is 16.9 Å². The van der Waals surface area contributed by atoms with Crippen molar-refractivity contribution in [3.8, 4) is 6.07 Å². The maximum absolute atomic E-state index is 12.3. The van der Waals surface area contributed by atoms with Crippen molar-refractivity contribution in [1.82, 2.24) is 4.72 Å². The van der Waals surface area contributed by atoms with Crippen LogP contribution in [0.2, 0.25) is 5.02 Å². The van der Waals surface area contributed by atoms with Gasteiger partial charge in [0, 0.05) is 11.3 Å². The average molecular weight is 364 g/mol. The Bertz CT molecular complexity index is 903. The fourth-order valence-electron chi connectivity index (χ4n) is 1.96. The lowest BCUT2D eigenvalue weighted by Gasteiger charge is -2.09.